The van der Waals surface area contributed by atoms with Crippen LogP contribution in [0.4, 0.5) is 5.69 Å². The van der Waals surface area contributed by atoms with Crippen molar-refractivity contribution in [3.8, 4) is 0 Å². The molecular weight excluding hydrogens is 264 g/mol. The van der Waals surface area contributed by atoms with E-state index in [0.717, 1.165) is 12.0 Å². The summed E-state index contributed by atoms with van der Waals surface area (Å²) in [4.78, 5) is 0. The van der Waals surface area contributed by atoms with Crippen LogP contribution in [0.2, 0.25) is 0 Å². The molecule has 3 N–H and O–H groups in total. The second kappa shape index (κ2) is 5.90. The third-order valence-corrected chi connectivity index (χ3v) is 5.32. The minimum absolute atomic E-state index is 0.0130. The van der Waals surface area contributed by atoms with E-state index >= 15 is 0 Å². The van der Waals surface area contributed by atoms with Gasteiger partial charge in [-0.25, -0.2) is 12.7 Å². The quantitative estimate of drug-likeness (QED) is 0.784. The third-order valence-electron chi connectivity index (χ3n) is 3.51. The standard InChI is InChI=1S/C13H20N2O3S/c14-13-3-1-12(2-4-13)10-19(17,18)15-7-5-11(9-15)6-8-16/h1-4,11,16H,5-10,14H2. The molecular formula is C13H20N2O3S. The Morgan fingerprint density at radius 2 is 2.00 bits per heavy atom. The van der Waals surface area contributed by atoms with Gasteiger partial charge in [0.15, 0.2) is 0 Å². The lowest BCUT2D eigenvalue weighted by Gasteiger charge is -2.16. The predicted octanol–water partition coefficient (Wildman–Crippen LogP) is 0.803. The highest BCUT2D eigenvalue weighted by Gasteiger charge is 2.30. The van der Waals surface area contributed by atoms with Crippen molar-refractivity contribution >= 4 is 15.7 Å². The monoisotopic (exact) mass is 284 g/mol. The molecule has 1 saturated heterocycles. The van der Waals surface area contributed by atoms with Crippen LogP contribution in [0.3, 0.4) is 0 Å². The van der Waals surface area contributed by atoms with E-state index in [2.05, 4.69) is 0 Å². The van der Waals surface area contributed by atoms with E-state index in [4.69, 9.17) is 10.8 Å². The fourth-order valence-corrected chi connectivity index (χ4v) is 4.00. The summed E-state index contributed by atoms with van der Waals surface area (Å²) in [7, 11) is -3.27. The highest BCUT2D eigenvalue weighted by Crippen LogP contribution is 2.24. The molecule has 1 aliphatic heterocycles. The number of nitrogens with zero attached hydrogens (tertiary/aromatic N) is 1. The highest BCUT2D eigenvalue weighted by atomic mass is 32.2. The molecule has 1 atom stereocenters. The maximum atomic E-state index is 12.3. The number of sulfonamides is 1. The molecule has 1 unspecified atom stereocenters. The van der Waals surface area contributed by atoms with Crippen LogP contribution < -0.4 is 5.73 Å². The molecule has 1 heterocycles. The number of nitrogen functional groups attached to an aromatic ring is 1. The van der Waals surface area contributed by atoms with E-state index in [1.165, 1.54) is 4.31 Å². The number of aliphatic hydroxyl groups excluding tert-OH is 1. The molecule has 1 fully saturated rings. The van der Waals surface area contributed by atoms with Gasteiger partial charge in [-0.2, -0.15) is 0 Å². The first-order valence-corrected chi connectivity index (χ1v) is 8.05. The van der Waals surface area contributed by atoms with E-state index in [1.54, 1.807) is 24.3 Å². The minimum Gasteiger partial charge on any atom is -0.399 e. The maximum Gasteiger partial charge on any atom is 0.218 e. The summed E-state index contributed by atoms with van der Waals surface area (Å²) in [6.45, 7) is 1.20. The van der Waals surface area contributed by atoms with Gasteiger partial charge in [0.25, 0.3) is 0 Å². The van der Waals surface area contributed by atoms with Crippen molar-refractivity contribution in [2.75, 3.05) is 25.4 Å². The summed E-state index contributed by atoms with van der Waals surface area (Å²) in [6.07, 6.45) is 1.51. The van der Waals surface area contributed by atoms with E-state index in [9.17, 15) is 8.42 Å². The molecule has 6 heteroatoms. The van der Waals surface area contributed by atoms with Crippen LogP contribution >= 0.6 is 0 Å². The molecule has 0 saturated carbocycles. The van der Waals surface area contributed by atoms with Crippen molar-refractivity contribution in [1.82, 2.24) is 4.31 Å². The maximum absolute atomic E-state index is 12.3. The van der Waals surface area contributed by atoms with Gasteiger partial charge in [0.05, 0.1) is 5.75 Å². The zero-order valence-corrected chi connectivity index (χ0v) is 11.6. The zero-order valence-electron chi connectivity index (χ0n) is 10.8. The second-order valence-electron chi connectivity index (χ2n) is 5.02. The van der Waals surface area contributed by atoms with Crippen molar-refractivity contribution in [2.45, 2.75) is 18.6 Å². The number of rotatable bonds is 5. The molecule has 1 aromatic rings. The Labute approximate surface area is 114 Å². The van der Waals surface area contributed by atoms with Gasteiger partial charge in [0.2, 0.25) is 10.0 Å². The van der Waals surface area contributed by atoms with Crippen LogP contribution in [0.1, 0.15) is 18.4 Å². The summed E-state index contributed by atoms with van der Waals surface area (Å²) in [5, 5.41) is 8.90. The number of aliphatic hydroxyl groups is 1. The van der Waals surface area contributed by atoms with E-state index in [1.807, 2.05) is 0 Å². The largest absolute Gasteiger partial charge is 0.399 e. The molecule has 0 aromatic heterocycles. The van der Waals surface area contributed by atoms with E-state index in [0.29, 0.717) is 25.2 Å². The lowest BCUT2D eigenvalue weighted by molar-refractivity contribution is 0.259. The fraction of sp³-hybridized carbons (Fsp3) is 0.538. The van der Waals surface area contributed by atoms with Crippen LogP contribution in [0.15, 0.2) is 24.3 Å². The van der Waals surface area contributed by atoms with Crippen LogP contribution in [-0.2, 0) is 15.8 Å². The SMILES string of the molecule is Nc1ccc(CS(=O)(=O)N2CCC(CCO)C2)cc1. The third kappa shape index (κ3) is 3.68. The lowest BCUT2D eigenvalue weighted by Crippen LogP contribution is -2.30. The van der Waals surface area contributed by atoms with Gasteiger partial charge in [-0.3, -0.25) is 0 Å². The molecule has 2 rings (SSSR count). The molecule has 0 bridgehead atoms. The topological polar surface area (TPSA) is 83.6 Å². The Kier molecular flexibility index (Phi) is 4.44. The summed E-state index contributed by atoms with van der Waals surface area (Å²) in [5.41, 5.74) is 6.96. The lowest BCUT2D eigenvalue weighted by atomic mass is 10.1. The Morgan fingerprint density at radius 1 is 1.32 bits per heavy atom. The van der Waals surface area contributed by atoms with Crippen LogP contribution in [0, 0.1) is 5.92 Å². The Bertz CT molecular complexity index is 513. The zero-order chi connectivity index (χ0) is 13.9. The van der Waals surface area contributed by atoms with Crippen molar-refractivity contribution in [2.24, 2.45) is 5.92 Å². The Hall–Kier alpha value is -1.11. The summed E-state index contributed by atoms with van der Waals surface area (Å²) >= 11 is 0. The minimum atomic E-state index is -3.27. The van der Waals surface area contributed by atoms with Gasteiger partial charge in [0, 0.05) is 25.4 Å². The van der Waals surface area contributed by atoms with Gasteiger partial charge in [-0.1, -0.05) is 12.1 Å². The van der Waals surface area contributed by atoms with Gasteiger partial charge < -0.3 is 10.8 Å². The average molecular weight is 284 g/mol. The smallest absolute Gasteiger partial charge is 0.218 e. The Balaban J connectivity index is 2.01. The van der Waals surface area contributed by atoms with Crippen molar-refractivity contribution in [1.29, 1.82) is 0 Å². The number of nitrogens with two attached hydrogens (primary N) is 1. The molecule has 0 amide bonds. The average Bonchev–Trinajstić information content (AvgIpc) is 2.82. The molecule has 0 aliphatic carbocycles. The second-order valence-corrected chi connectivity index (χ2v) is 6.99. The van der Waals surface area contributed by atoms with Gasteiger partial charge in [-0.15, -0.1) is 0 Å². The van der Waals surface area contributed by atoms with E-state index < -0.39 is 10.0 Å². The van der Waals surface area contributed by atoms with E-state index in [-0.39, 0.29) is 18.3 Å². The Morgan fingerprint density at radius 3 is 2.63 bits per heavy atom. The van der Waals surface area contributed by atoms with Crippen LogP contribution in [0.25, 0.3) is 0 Å². The predicted molar refractivity (Wildman–Crippen MR) is 74.9 cm³/mol. The number of anilines is 1. The van der Waals surface area contributed by atoms with Crippen molar-refractivity contribution in [3.05, 3.63) is 29.8 Å². The molecule has 0 radical (unpaired) electrons. The first-order valence-electron chi connectivity index (χ1n) is 6.44. The number of hydrogen-bond acceptors (Lipinski definition) is 4. The summed E-state index contributed by atoms with van der Waals surface area (Å²) in [5.74, 6) is 0.297. The van der Waals surface area contributed by atoms with Crippen molar-refractivity contribution in [3.63, 3.8) is 0 Å². The number of hydrogen-bond donors (Lipinski definition) is 2. The molecule has 5 nitrogen and oxygen atoms in total. The number of benzene rings is 1. The highest BCUT2D eigenvalue weighted by molar-refractivity contribution is 7.88. The molecule has 106 valence electrons. The normalized spacial score (nSPS) is 20.8. The van der Waals surface area contributed by atoms with Crippen molar-refractivity contribution < 1.29 is 13.5 Å². The fourth-order valence-electron chi connectivity index (χ4n) is 2.38. The first kappa shape index (κ1) is 14.3. The summed E-state index contributed by atoms with van der Waals surface area (Å²) in [6, 6.07) is 6.91. The molecule has 1 aromatic carbocycles. The summed E-state index contributed by atoms with van der Waals surface area (Å²) < 4.78 is 26.1. The molecule has 1 aliphatic rings. The van der Waals surface area contributed by atoms with Gasteiger partial charge in [0.1, 0.15) is 0 Å². The molecule has 19 heavy (non-hydrogen) atoms. The van der Waals surface area contributed by atoms with Gasteiger partial charge >= 0.3 is 0 Å². The van der Waals surface area contributed by atoms with Crippen LogP contribution in [-0.4, -0.2) is 37.5 Å². The molecule has 0 spiro atoms. The van der Waals surface area contributed by atoms with Crippen LogP contribution in [0.5, 0.6) is 0 Å². The van der Waals surface area contributed by atoms with Gasteiger partial charge in [-0.05, 0) is 36.5 Å². The first-order chi connectivity index (χ1) is 9.01.